The minimum Gasteiger partial charge on any atom is -0.457 e. The molecule has 1 aliphatic rings. The maximum Gasteiger partial charge on any atom is 0.416 e. The fourth-order valence-electron chi connectivity index (χ4n) is 3.77. The minimum atomic E-state index is -4.41. The predicted octanol–water partition coefficient (Wildman–Crippen LogP) is 5.81. The van der Waals surface area contributed by atoms with Crippen molar-refractivity contribution in [2.24, 2.45) is 0 Å². The van der Waals surface area contributed by atoms with E-state index in [0.29, 0.717) is 34.9 Å². The van der Waals surface area contributed by atoms with Crippen LogP contribution in [0.15, 0.2) is 65.2 Å². The number of aromatic nitrogens is 2. The fraction of sp³-hybridized carbons (Fsp3) is 0.120. The second-order valence-corrected chi connectivity index (χ2v) is 7.66. The summed E-state index contributed by atoms with van der Waals surface area (Å²) in [6.07, 6.45) is 1.48. The van der Waals surface area contributed by atoms with Gasteiger partial charge in [0.15, 0.2) is 0 Å². The van der Waals surface area contributed by atoms with Crippen LogP contribution in [0.4, 0.5) is 13.2 Å². The average molecular weight is 449 g/mol. The van der Waals surface area contributed by atoms with E-state index in [9.17, 15) is 18.0 Å². The Labute approximate surface area is 187 Å². The number of halogens is 3. The van der Waals surface area contributed by atoms with Crippen molar-refractivity contribution in [1.29, 1.82) is 0 Å². The van der Waals surface area contributed by atoms with Gasteiger partial charge in [-0.15, -0.1) is 0 Å². The molecule has 0 radical (unpaired) electrons. The van der Waals surface area contributed by atoms with Crippen molar-refractivity contribution in [1.82, 2.24) is 15.3 Å². The van der Waals surface area contributed by atoms with Crippen molar-refractivity contribution in [3.63, 3.8) is 0 Å². The molecule has 0 atom stereocenters. The number of alkyl halides is 3. The molecule has 0 saturated heterocycles. The first-order chi connectivity index (χ1) is 15.9. The number of rotatable bonds is 4. The molecule has 1 aliphatic heterocycles. The summed E-state index contributed by atoms with van der Waals surface area (Å²) in [6, 6.07) is 13.9. The molecule has 0 fully saturated rings. The maximum absolute atomic E-state index is 13.0. The first-order valence-corrected chi connectivity index (χ1v) is 10.3. The Kier molecular flexibility index (Phi) is 5.12. The largest absolute Gasteiger partial charge is 0.457 e. The van der Waals surface area contributed by atoms with E-state index in [4.69, 9.17) is 4.42 Å². The number of carbonyl (C=O) groups excluding carboxylic acids is 1. The number of carbonyl (C=O) groups is 1. The number of nitrogens with zero attached hydrogens (tertiary/aromatic N) is 1. The molecule has 4 aromatic rings. The summed E-state index contributed by atoms with van der Waals surface area (Å²) in [5.41, 5.74) is 3.59. The van der Waals surface area contributed by atoms with Crippen molar-refractivity contribution in [3.05, 3.63) is 89.1 Å². The molecule has 5 nitrogen and oxygen atoms in total. The summed E-state index contributed by atoms with van der Waals surface area (Å²) < 4.78 is 44.6. The van der Waals surface area contributed by atoms with Crippen LogP contribution in [0.1, 0.15) is 33.1 Å². The van der Waals surface area contributed by atoms with Gasteiger partial charge < -0.3 is 14.7 Å². The van der Waals surface area contributed by atoms with Crippen molar-refractivity contribution in [3.8, 4) is 22.6 Å². The Hall–Kier alpha value is -4.07. The molecule has 33 heavy (non-hydrogen) atoms. The zero-order valence-electron chi connectivity index (χ0n) is 17.2. The van der Waals surface area contributed by atoms with Gasteiger partial charge in [0.25, 0.3) is 5.91 Å². The van der Waals surface area contributed by atoms with Gasteiger partial charge in [-0.2, -0.15) is 13.2 Å². The Morgan fingerprint density at radius 1 is 1.00 bits per heavy atom. The lowest BCUT2D eigenvalue weighted by molar-refractivity contribution is -0.137. The SMILES string of the molecule is O=C1NCCc2[nH]c(-c3ccnc(C=Cc4ccc(-c5cccc(C(F)(F)F)c5)o4)c3)cc21. The summed E-state index contributed by atoms with van der Waals surface area (Å²) in [5, 5.41) is 2.83. The monoisotopic (exact) mass is 449 g/mol. The van der Waals surface area contributed by atoms with E-state index in [0.717, 1.165) is 35.5 Å². The molecular formula is C25H18F3N3O2. The Bertz CT molecular complexity index is 1370. The molecule has 2 N–H and O–H groups in total. The maximum atomic E-state index is 13.0. The number of hydrogen-bond acceptors (Lipinski definition) is 3. The van der Waals surface area contributed by atoms with Crippen LogP contribution in [0.3, 0.4) is 0 Å². The van der Waals surface area contributed by atoms with Crippen LogP contribution in [0.2, 0.25) is 0 Å². The molecule has 0 saturated carbocycles. The van der Waals surface area contributed by atoms with Crippen LogP contribution in [0.25, 0.3) is 34.7 Å². The standard InChI is InChI=1S/C25H18F3N3O2/c26-25(27,28)17-3-1-2-16(12-17)23-7-6-19(33-23)5-4-18-13-15(8-10-29-18)22-14-20-21(31-22)9-11-30-24(20)32/h1-8,10,12-14,31H,9,11H2,(H,30,32). The Balaban J connectivity index is 1.36. The molecule has 166 valence electrons. The highest BCUT2D eigenvalue weighted by molar-refractivity contribution is 5.97. The van der Waals surface area contributed by atoms with Gasteiger partial charge in [0.05, 0.1) is 16.8 Å². The lowest BCUT2D eigenvalue weighted by Crippen LogP contribution is -2.31. The smallest absolute Gasteiger partial charge is 0.416 e. The number of nitrogens with one attached hydrogen (secondary N) is 2. The van der Waals surface area contributed by atoms with Crippen LogP contribution < -0.4 is 5.32 Å². The van der Waals surface area contributed by atoms with Crippen LogP contribution >= 0.6 is 0 Å². The number of furan rings is 1. The normalized spacial score (nSPS) is 13.8. The third-order valence-corrected chi connectivity index (χ3v) is 5.42. The van der Waals surface area contributed by atoms with E-state index in [-0.39, 0.29) is 5.91 Å². The zero-order chi connectivity index (χ0) is 23.0. The van der Waals surface area contributed by atoms with Gasteiger partial charge in [0.1, 0.15) is 11.5 Å². The number of fused-ring (bicyclic) bond motifs is 1. The van der Waals surface area contributed by atoms with Gasteiger partial charge in [0, 0.05) is 41.7 Å². The number of aromatic amines is 1. The third-order valence-electron chi connectivity index (χ3n) is 5.42. The third kappa shape index (κ3) is 4.32. The van der Waals surface area contributed by atoms with Crippen molar-refractivity contribution in [2.75, 3.05) is 6.54 Å². The van der Waals surface area contributed by atoms with Crippen LogP contribution in [-0.4, -0.2) is 22.4 Å². The Morgan fingerprint density at radius 2 is 1.88 bits per heavy atom. The summed E-state index contributed by atoms with van der Waals surface area (Å²) in [7, 11) is 0. The molecule has 0 spiro atoms. The summed E-state index contributed by atoms with van der Waals surface area (Å²) in [5.74, 6) is 0.752. The topological polar surface area (TPSA) is 70.9 Å². The number of H-pyrrole nitrogens is 1. The molecule has 5 rings (SSSR count). The first kappa shape index (κ1) is 20.8. The van der Waals surface area contributed by atoms with Crippen LogP contribution in [-0.2, 0) is 12.6 Å². The summed E-state index contributed by atoms with van der Waals surface area (Å²) in [6.45, 7) is 0.613. The minimum absolute atomic E-state index is 0.0812. The zero-order valence-corrected chi connectivity index (χ0v) is 17.2. The molecule has 8 heteroatoms. The van der Waals surface area contributed by atoms with E-state index in [1.54, 1.807) is 36.5 Å². The number of amides is 1. The second kappa shape index (κ2) is 8.12. The second-order valence-electron chi connectivity index (χ2n) is 7.66. The van der Waals surface area contributed by atoms with E-state index >= 15 is 0 Å². The van der Waals surface area contributed by atoms with Gasteiger partial charge >= 0.3 is 6.18 Å². The molecule has 3 aromatic heterocycles. The van der Waals surface area contributed by atoms with Crippen molar-refractivity contribution in [2.45, 2.75) is 12.6 Å². The van der Waals surface area contributed by atoms with Gasteiger partial charge in [-0.05, 0) is 54.6 Å². The fourth-order valence-corrected chi connectivity index (χ4v) is 3.77. The molecular weight excluding hydrogens is 431 g/mol. The number of pyridine rings is 1. The highest BCUT2D eigenvalue weighted by Crippen LogP contribution is 2.33. The van der Waals surface area contributed by atoms with Gasteiger partial charge in [-0.1, -0.05) is 12.1 Å². The summed E-state index contributed by atoms with van der Waals surface area (Å²) in [4.78, 5) is 19.6. The van der Waals surface area contributed by atoms with Gasteiger partial charge in [-0.25, -0.2) is 0 Å². The highest BCUT2D eigenvalue weighted by Gasteiger charge is 2.30. The van der Waals surface area contributed by atoms with Crippen molar-refractivity contribution >= 4 is 18.1 Å². The average Bonchev–Trinajstić information content (AvgIpc) is 3.46. The van der Waals surface area contributed by atoms with E-state index in [1.165, 1.54) is 6.07 Å². The highest BCUT2D eigenvalue weighted by atomic mass is 19.4. The van der Waals surface area contributed by atoms with E-state index < -0.39 is 11.7 Å². The summed E-state index contributed by atoms with van der Waals surface area (Å²) >= 11 is 0. The predicted molar refractivity (Wildman–Crippen MR) is 118 cm³/mol. The number of hydrogen-bond donors (Lipinski definition) is 2. The quantitative estimate of drug-likeness (QED) is 0.413. The van der Waals surface area contributed by atoms with Crippen LogP contribution in [0.5, 0.6) is 0 Å². The molecule has 4 heterocycles. The number of benzene rings is 1. The molecule has 1 amide bonds. The van der Waals surface area contributed by atoms with E-state index in [1.807, 2.05) is 18.2 Å². The molecule has 0 unspecified atom stereocenters. The Morgan fingerprint density at radius 3 is 2.70 bits per heavy atom. The molecule has 1 aromatic carbocycles. The van der Waals surface area contributed by atoms with Gasteiger partial charge in [-0.3, -0.25) is 9.78 Å². The molecule has 0 bridgehead atoms. The van der Waals surface area contributed by atoms with Crippen LogP contribution in [0, 0.1) is 0 Å². The lowest BCUT2D eigenvalue weighted by Gasteiger charge is -2.10. The van der Waals surface area contributed by atoms with Gasteiger partial charge in [0.2, 0.25) is 0 Å². The molecule has 0 aliphatic carbocycles. The lowest BCUT2D eigenvalue weighted by atomic mass is 10.1. The van der Waals surface area contributed by atoms with Crippen molar-refractivity contribution < 1.29 is 22.4 Å². The van der Waals surface area contributed by atoms with E-state index in [2.05, 4.69) is 15.3 Å². The first-order valence-electron chi connectivity index (χ1n) is 10.3.